The Morgan fingerprint density at radius 3 is 2.76 bits per heavy atom. The maximum Gasteiger partial charge on any atom is 0.272 e. The molecular formula is C17H27N3O. The van der Waals surface area contributed by atoms with E-state index in [0.29, 0.717) is 17.2 Å². The molecule has 1 saturated heterocycles. The highest BCUT2D eigenvalue weighted by Gasteiger charge is 2.26. The van der Waals surface area contributed by atoms with Gasteiger partial charge in [0.2, 0.25) is 0 Å². The molecule has 0 spiro atoms. The second-order valence-electron chi connectivity index (χ2n) is 7.02. The zero-order valence-electron chi connectivity index (χ0n) is 13.6. The van der Waals surface area contributed by atoms with Gasteiger partial charge in [0.05, 0.1) is 0 Å². The van der Waals surface area contributed by atoms with Gasteiger partial charge in [0.1, 0.15) is 11.5 Å². The Kier molecular flexibility index (Phi) is 4.86. The Bertz CT molecular complexity index is 497. The van der Waals surface area contributed by atoms with E-state index < -0.39 is 0 Å². The van der Waals surface area contributed by atoms with Crippen LogP contribution in [0.1, 0.15) is 57.4 Å². The first-order chi connectivity index (χ1) is 9.87. The van der Waals surface area contributed by atoms with Crippen LogP contribution in [-0.4, -0.2) is 34.9 Å². The zero-order valence-corrected chi connectivity index (χ0v) is 13.6. The van der Waals surface area contributed by atoms with Crippen molar-refractivity contribution in [3.05, 3.63) is 23.9 Å². The van der Waals surface area contributed by atoms with E-state index in [1.54, 1.807) is 0 Å². The number of pyridine rings is 1. The van der Waals surface area contributed by atoms with Crippen LogP contribution in [0.4, 0.5) is 5.82 Å². The summed E-state index contributed by atoms with van der Waals surface area (Å²) in [7, 11) is 0. The third-order valence-corrected chi connectivity index (χ3v) is 4.03. The van der Waals surface area contributed by atoms with Gasteiger partial charge in [0, 0.05) is 19.1 Å². The molecule has 1 amide bonds. The van der Waals surface area contributed by atoms with Crippen LogP contribution in [0.25, 0.3) is 0 Å². The summed E-state index contributed by atoms with van der Waals surface area (Å²) in [5, 5.41) is 3.25. The standard InChI is InChI=1S/C17H27N3O/c1-13(2)18-15-8-5-7-14(19-15)16(21)20-11-6-9-17(3,4)10-12-20/h5,7-8,13H,6,9-12H2,1-4H3,(H,18,19). The molecule has 2 heterocycles. The highest BCUT2D eigenvalue weighted by molar-refractivity contribution is 5.92. The predicted octanol–water partition coefficient (Wildman–Crippen LogP) is 3.55. The lowest BCUT2D eigenvalue weighted by Gasteiger charge is -2.23. The van der Waals surface area contributed by atoms with Gasteiger partial charge in [-0.05, 0) is 50.7 Å². The Morgan fingerprint density at radius 1 is 1.29 bits per heavy atom. The van der Waals surface area contributed by atoms with Crippen molar-refractivity contribution in [3.8, 4) is 0 Å². The van der Waals surface area contributed by atoms with Crippen molar-refractivity contribution in [2.45, 2.75) is 53.0 Å². The fourth-order valence-electron chi connectivity index (χ4n) is 2.72. The minimum Gasteiger partial charge on any atom is -0.368 e. The molecule has 1 fully saturated rings. The Hall–Kier alpha value is -1.58. The Balaban J connectivity index is 2.09. The van der Waals surface area contributed by atoms with Crippen molar-refractivity contribution in [2.24, 2.45) is 5.41 Å². The van der Waals surface area contributed by atoms with E-state index in [-0.39, 0.29) is 5.91 Å². The number of hydrogen-bond donors (Lipinski definition) is 1. The van der Waals surface area contributed by atoms with Gasteiger partial charge in [-0.3, -0.25) is 4.79 Å². The molecule has 21 heavy (non-hydrogen) atoms. The predicted molar refractivity (Wildman–Crippen MR) is 86.5 cm³/mol. The van der Waals surface area contributed by atoms with Crippen LogP contribution in [0, 0.1) is 5.41 Å². The van der Waals surface area contributed by atoms with Gasteiger partial charge in [-0.15, -0.1) is 0 Å². The molecule has 0 radical (unpaired) electrons. The first-order valence-electron chi connectivity index (χ1n) is 7.90. The van der Waals surface area contributed by atoms with Crippen LogP contribution in [0.2, 0.25) is 0 Å². The van der Waals surface area contributed by atoms with Crippen molar-refractivity contribution >= 4 is 11.7 Å². The van der Waals surface area contributed by atoms with Crippen molar-refractivity contribution in [3.63, 3.8) is 0 Å². The summed E-state index contributed by atoms with van der Waals surface area (Å²) >= 11 is 0. The highest BCUT2D eigenvalue weighted by Crippen LogP contribution is 2.30. The fourth-order valence-corrected chi connectivity index (χ4v) is 2.72. The van der Waals surface area contributed by atoms with Gasteiger partial charge in [-0.25, -0.2) is 4.98 Å². The van der Waals surface area contributed by atoms with Crippen LogP contribution in [0.5, 0.6) is 0 Å². The quantitative estimate of drug-likeness (QED) is 0.925. The lowest BCUT2D eigenvalue weighted by molar-refractivity contribution is 0.0751. The normalized spacial score (nSPS) is 18.4. The molecule has 0 bridgehead atoms. The smallest absolute Gasteiger partial charge is 0.272 e. The lowest BCUT2D eigenvalue weighted by atomic mass is 9.85. The average molecular weight is 289 g/mol. The van der Waals surface area contributed by atoms with E-state index >= 15 is 0 Å². The number of aromatic nitrogens is 1. The van der Waals surface area contributed by atoms with Crippen LogP contribution in [0.3, 0.4) is 0 Å². The second kappa shape index (κ2) is 6.46. The molecule has 1 N–H and O–H groups in total. The molecule has 0 aromatic carbocycles. The molecule has 0 unspecified atom stereocenters. The van der Waals surface area contributed by atoms with Crippen molar-refractivity contribution < 1.29 is 4.79 Å². The second-order valence-corrected chi connectivity index (χ2v) is 7.02. The summed E-state index contributed by atoms with van der Waals surface area (Å²) in [6.45, 7) is 10.4. The maximum atomic E-state index is 12.6. The first kappa shape index (κ1) is 15.8. The van der Waals surface area contributed by atoms with E-state index in [9.17, 15) is 4.79 Å². The number of carbonyl (C=O) groups is 1. The molecule has 1 aliphatic heterocycles. The number of hydrogen-bond acceptors (Lipinski definition) is 3. The molecule has 0 aliphatic carbocycles. The van der Waals surface area contributed by atoms with Gasteiger partial charge in [0.15, 0.2) is 0 Å². The SMILES string of the molecule is CC(C)Nc1cccc(C(=O)N2CCCC(C)(C)CC2)n1. The van der Waals surface area contributed by atoms with E-state index in [0.717, 1.165) is 31.7 Å². The molecule has 1 aliphatic rings. The molecule has 1 aromatic rings. The fraction of sp³-hybridized carbons (Fsp3) is 0.647. The molecule has 0 saturated carbocycles. The van der Waals surface area contributed by atoms with Crippen LogP contribution >= 0.6 is 0 Å². The number of anilines is 1. The largest absolute Gasteiger partial charge is 0.368 e. The number of carbonyl (C=O) groups excluding carboxylic acids is 1. The summed E-state index contributed by atoms with van der Waals surface area (Å²) in [6, 6.07) is 5.92. The molecule has 4 heteroatoms. The Labute approximate surface area is 127 Å². The van der Waals surface area contributed by atoms with Crippen molar-refractivity contribution in [1.82, 2.24) is 9.88 Å². The van der Waals surface area contributed by atoms with Crippen LogP contribution < -0.4 is 5.32 Å². The summed E-state index contributed by atoms with van der Waals surface area (Å²) in [4.78, 5) is 19.0. The zero-order chi connectivity index (χ0) is 15.5. The van der Waals surface area contributed by atoms with Gasteiger partial charge >= 0.3 is 0 Å². The van der Waals surface area contributed by atoms with Gasteiger partial charge in [0.25, 0.3) is 5.91 Å². The monoisotopic (exact) mass is 289 g/mol. The van der Waals surface area contributed by atoms with Crippen LogP contribution in [-0.2, 0) is 0 Å². The number of amides is 1. The summed E-state index contributed by atoms with van der Waals surface area (Å²) in [6.07, 6.45) is 3.31. The van der Waals surface area contributed by atoms with Gasteiger partial charge in [-0.2, -0.15) is 0 Å². The lowest BCUT2D eigenvalue weighted by Crippen LogP contribution is -2.33. The number of likely N-dealkylation sites (tertiary alicyclic amines) is 1. The van der Waals surface area contributed by atoms with E-state index in [4.69, 9.17) is 0 Å². The molecule has 116 valence electrons. The van der Waals surface area contributed by atoms with Crippen molar-refractivity contribution in [2.75, 3.05) is 18.4 Å². The molecule has 2 rings (SSSR count). The van der Waals surface area contributed by atoms with E-state index in [1.165, 1.54) is 6.42 Å². The van der Waals surface area contributed by atoms with E-state index in [1.807, 2.05) is 23.1 Å². The summed E-state index contributed by atoms with van der Waals surface area (Å²) < 4.78 is 0. The topological polar surface area (TPSA) is 45.2 Å². The number of nitrogens with one attached hydrogen (secondary N) is 1. The van der Waals surface area contributed by atoms with Gasteiger partial charge < -0.3 is 10.2 Å². The minimum absolute atomic E-state index is 0.0557. The third-order valence-electron chi connectivity index (χ3n) is 4.03. The maximum absolute atomic E-state index is 12.6. The molecule has 1 aromatic heterocycles. The number of nitrogens with zero attached hydrogens (tertiary/aromatic N) is 2. The highest BCUT2D eigenvalue weighted by atomic mass is 16.2. The summed E-state index contributed by atoms with van der Waals surface area (Å²) in [5.74, 6) is 0.825. The van der Waals surface area contributed by atoms with Gasteiger partial charge in [-0.1, -0.05) is 19.9 Å². The van der Waals surface area contributed by atoms with Crippen LogP contribution in [0.15, 0.2) is 18.2 Å². The molecule has 0 atom stereocenters. The Morgan fingerprint density at radius 2 is 2.05 bits per heavy atom. The minimum atomic E-state index is 0.0557. The van der Waals surface area contributed by atoms with Crippen molar-refractivity contribution in [1.29, 1.82) is 0 Å². The average Bonchev–Trinajstić information content (AvgIpc) is 2.58. The first-order valence-corrected chi connectivity index (χ1v) is 7.90. The molecular weight excluding hydrogens is 262 g/mol. The van der Waals surface area contributed by atoms with E-state index in [2.05, 4.69) is 38.0 Å². The molecule has 4 nitrogen and oxygen atoms in total. The third kappa shape index (κ3) is 4.45. The number of rotatable bonds is 3. The summed E-state index contributed by atoms with van der Waals surface area (Å²) in [5.41, 5.74) is 0.879.